The molecule has 0 saturated carbocycles. The van der Waals surface area contributed by atoms with E-state index in [0.717, 1.165) is 10.8 Å². The lowest BCUT2D eigenvalue weighted by molar-refractivity contribution is -0.113. The number of aryl methyl sites for hydroxylation is 2. The van der Waals surface area contributed by atoms with Gasteiger partial charge in [-0.1, -0.05) is 17.8 Å². The highest BCUT2D eigenvalue weighted by atomic mass is 32.2. The summed E-state index contributed by atoms with van der Waals surface area (Å²) < 4.78 is 21.8. The number of thioether (sulfide) groups is 1. The molecule has 162 valence electrons. The molecule has 8 heteroatoms. The molecule has 6 nitrogen and oxygen atoms in total. The van der Waals surface area contributed by atoms with E-state index in [4.69, 9.17) is 4.74 Å². The fourth-order valence-corrected chi connectivity index (χ4v) is 4.43. The van der Waals surface area contributed by atoms with Gasteiger partial charge < -0.3 is 15.0 Å². The average Bonchev–Trinajstić information content (AvgIpc) is 3.21. The van der Waals surface area contributed by atoms with Crippen LogP contribution >= 0.6 is 11.8 Å². The summed E-state index contributed by atoms with van der Waals surface area (Å²) in [6.07, 6.45) is 3.60. The van der Waals surface area contributed by atoms with Crippen molar-refractivity contribution in [3.8, 4) is 5.69 Å². The molecule has 0 atom stereocenters. The molecule has 1 N–H and O–H groups in total. The number of benzene rings is 2. The van der Waals surface area contributed by atoms with E-state index in [1.54, 1.807) is 18.3 Å². The van der Waals surface area contributed by atoms with Crippen molar-refractivity contribution in [2.24, 2.45) is 0 Å². The molecular weight excluding hydrogens is 415 g/mol. The fourth-order valence-electron chi connectivity index (χ4n) is 3.66. The smallest absolute Gasteiger partial charge is 0.234 e. The molecular formula is C23H25FN4O2S. The Morgan fingerprint density at radius 3 is 2.61 bits per heavy atom. The maximum atomic E-state index is 14.5. The van der Waals surface area contributed by atoms with E-state index in [1.807, 2.05) is 15.7 Å². The van der Waals surface area contributed by atoms with Crippen LogP contribution in [0.1, 0.15) is 11.1 Å². The number of hydrogen-bond donors (Lipinski definition) is 1. The van der Waals surface area contributed by atoms with Crippen LogP contribution in [0.25, 0.3) is 5.69 Å². The van der Waals surface area contributed by atoms with Gasteiger partial charge in [0, 0.05) is 36.9 Å². The van der Waals surface area contributed by atoms with Gasteiger partial charge in [-0.2, -0.15) is 0 Å². The number of halogens is 1. The monoisotopic (exact) mass is 440 g/mol. The van der Waals surface area contributed by atoms with E-state index in [0.29, 0.717) is 37.7 Å². The molecule has 31 heavy (non-hydrogen) atoms. The normalized spacial score (nSPS) is 14.0. The van der Waals surface area contributed by atoms with Gasteiger partial charge in [0.15, 0.2) is 5.16 Å². The minimum Gasteiger partial charge on any atom is -0.378 e. The number of carbonyl (C=O) groups is 1. The maximum absolute atomic E-state index is 14.5. The Bertz CT molecular complexity index is 1060. The van der Waals surface area contributed by atoms with E-state index in [1.165, 1.54) is 29.0 Å². The summed E-state index contributed by atoms with van der Waals surface area (Å²) in [6.45, 7) is 6.60. The highest BCUT2D eigenvalue weighted by Crippen LogP contribution is 2.25. The van der Waals surface area contributed by atoms with Gasteiger partial charge in [-0.15, -0.1) is 0 Å². The van der Waals surface area contributed by atoms with Crippen LogP contribution in [-0.4, -0.2) is 47.5 Å². The lowest BCUT2D eigenvalue weighted by Crippen LogP contribution is -2.36. The van der Waals surface area contributed by atoms with Gasteiger partial charge in [-0.3, -0.25) is 9.36 Å². The average molecular weight is 441 g/mol. The Morgan fingerprint density at radius 1 is 1.16 bits per heavy atom. The zero-order valence-corrected chi connectivity index (χ0v) is 18.4. The maximum Gasteiger partial charge on any atom is 0.234 e. The van der Waals surface area contributed by atoms with Crippen molar-refractivity contribution in [2.45, 2.75) is 19.0 Å². The first-order chi connectivity index (χ1) is 15.0. The molecule has 0 unspecified atom stereocenters. The minimum absolute atomic E-state index is 0.175. The van der Waals surface area contributed by atoms with Crippen LogP contribution in [0, 0.1) is 19.7 Å². The zero-order valence-electron chi connectivity index (χ0n) is 17.6. The predicted molar refractivity (Wildman–Crippen MR) is 122 cm³/mol. The molecule has 1 fully saturated rings. The van der Waals surface area contributed by atoms with Gasteiger partial charge in [-0.25, -0.2) is 9.37 Å². The van der Waals surface area contributed by atoms with Crippen molar-refractivity contribution in [2.75, 3.05) is 42.3 Å². The van der Waals surface area contributed by atoms with Crippen LogP contribution in [0.3, 0.4) is 0 Å². The van der Waals surface area contributed by atoms with Crippen LogP contribution in [-0.2, 0) is 9.53 Å². The summed E-state index contributed by atoms with van der Waals surface area (Å²) >= 11 is 1.34. The second-order valence-electron chi connectivity index (χ2n) is 7.53. The Morgan fingerprint density at radius 2 is 1.90 bits per heavy atom. The van der Waals surface area contributed by atoms with Crippen LogP contribution < -0.4 is 10.2 Å². The summed E-state index contributed by atoms with van der Waals surface area (Å²) in [6, 6.07) is 11.1. The third kappa shape index (κ3) is 5.26. The Kier molecular flexibility index (Phi) is 6.58. The number of carbonyl (C=O) groups excluding carboxylic acids is 1. The number of rotatable bonds is 6. The molecule has 1 saturated heterocycles. The molecule has 0 aliphatic carbocycles. The number of ether oxygens (including phenoxy) is 1. The van der Waals surface area contributed by atoms with Crippen LogP contribution in [0.5, 0.6) is 0 Å². The number of hydrogen-bond acceptors (Lipinski definition) is 5. The number of nitrogens with one attached hydrogen (secondary N) is 1. The molecule has 2 heterocycles. The topological polar surface area (TPSA) is 59.4 Å². The Balaban J connectivity index is 1.38. The fraction of sp³-hybridized carbons (Fsp3) is 0.304. The SMILES string of the molecule is Cc1cc(C)cc(-n2ccnc2SCC(=O)Nc2ccc(N3CCOCC3)c(F)c2)c1. The highest BCUT2D eigenvalue weighted by molar-refractivity contribution is 7.99. The van der Waals surface area contributed by atoms with Crippen molar-refractivity contribution in [3.63, 3.8) is 0 Å². The number of aromatic nitrogens is 2. The summed E-state index contributed by atoms with van der Waals surface area (Å²) in [4.78, 5) is 18.8. The number of nitrogens with zero attached hydrogens (tertiary/aromatic N) is 3. The molecule has 0 radical (unpaired) electrons. The second kappa shape index (κ2) is 9.53. The van der Waals surface area contributed by atoms with Crippen molar-refractivity contribution in [1.29, 1.82) is 0 Å². The number of imidazole rings is 1. The first kappa shape index (κ1) is 21.4. The van der Waals surface area contributed by atoms with E-state index in [9.17, 15) is 9.18 Å². The summed E-state index contributed by atoms with van der Waals surface area (Å²) in [5, 5.41) is 3.50. The first-order valence-corrected chi connectivity index (χ1v) is 11.1. The van der Waals surface area contributed by atoms with Gasteiger partial charge in [-0.05, 0) is 55.3 Å². The second-order valence-corrected chi connectivity index (χ2v) is 8.47. The quantitative estimate of drug-likeness (QED) is 0.583. The highest BCUT2D eigenvalue weighted by Gasteiger charge is 2.16. The van der Waals surface area contributed by atoms with Gasteiger partial charge in [0.25, 0.3) is 0 Å². The lowest BCUT2D eigenvalue weighted by Gasteiger charge is -2.29. The van der Waals surface area contributed by atoms with E-state index in [2.05, 4.69) is 42.3 Å². The van der Waals surface area contributed by atoms with Crippen molar-refractivity contribution in [3.05, 3.63) is 65.7 Å². The molecule has 0 spiro atoms. The minimum atomic E-state index is -0.349. The Labute approximate surface area is 185 Å². The van der Waals surface area contributed by atoms with Crippen molar-refractivity contribution < 1.29 is 13.9 Å². The Hall–Kier alpha value is -2.84. The van der Waals surface area contributed by atoms with Gasteiger partial charge in [0.2, 0.25) is 5.91 Å². The molecule has 3 aromatic rings. The molecule has 0 bridgehead atoms. The predicted octanol–water partition coefficient (Wildman–Crippen LogP) is 4.20. The standard InChI is InChI=1S/C23H25FN4O2S/c1-16-11-17(2)13-19(12-16)28-6-5-25-23(28)31-15-22(29)26-18-3-4-21(20(24)14-18)27-7-9-30-10-8-27/h3-6,11-14H,7-10,15H2,1-2H3,(H,26,29). The first-order valence-electron chi connectivity index (χ1n) is 10.2. The molecule has 4 rings (SSSR count). The lowest BCUT2D eigenvalue weighted by atomic mass is 10.1. The number of morpholine rings is 1. The molecule has 1 aliphatic heterocycles. The van der Waals surface area contributed by atoms with Crippen LogP contribution in [0.2, 0.25) is 0 Å². The van der Waals surface area contributed by atoms with Crippen molar-refractivity contribution in [1.82, 2.24) is 9.55 Å². The largest absolute Gasteiger partial charge is 0.378 e. The molecule has 1 amide bonds. The number of anilines is 2. The van der Waals surface area contributed by atoms with Crippen LogP contribution in [0.4, 0.5) is 15.8 Å². The van der Waals surface area contributed by atoms with Crippen LogP contribution in [0.15, 0.2) is 53.9 Å². The molecule has 1 aromatic heterocycles. The summed E-state index contributed by atoms with van der Waals surface area (Å²) in [5.41, 5.74) is 4.32. The van der Waals surface area contributed by atoms with Gasteiger partial charge in [0.1, 0.15) is 5.82 Å². The molecule has 1 aliphatic rings. The van der Waals surface area contributed by atoms with Crippen molar-refractivity contribution >= 4 is 29.0 Å². The third-order valence-corrected chi connectivity index (χ3v) is 5.97. The summed E-state index contributed by atoms with van der Waals surface area (Å²) in [5.74, 6) is -0.384. The number of amides is 1. The summed E-state index contributed by atoms with van der Waals surface area (Å²) in [7, 11) is 0. The third-order valence-electron chi connectivity index (χ3n) is 5.01. The van der Waals surface area contributed by atoms with E-state index >= 15 is 0 Å². The zero-order chi connectivity index (χ0) is 21.8. The molecule has 2 aromatic carbocycles. The van der Waals surface area contributed by atoms with E-state index in [-0.39, 0.29) is 17.5 Å². The van der Waals surface area contributed by atoms with E-state index < -0.39 is 0 Å². The van der Waals surface area contributed by atoms with Gasteiger partial charge >= 0.3 is 0 Å². The van der Waals surface area contributed by atoms with Gasteiger partial charge in [0.05, 0.1) is 24.7 Å².